The molecule has 1 heterocycles. The van der Waals surface area contributed by atoms with Crippen molar-refractivity contribution in [2.24, 2.45) is 0 Å². The molecule has 16 heavy (non-hydrogen) atoms. The zero-order valence-corrected chi connectivity index (χ0v) is 10.8. The van der Waals surface area contributed by atoms with Crippen molar-refractivity contribution >= 4 is 27.0 Å². The second-order valence-electron chi connectivity index (χ2n) is 3.32. The zero-order chi connectivity index (χ0) is 11.5. The summed E-state index contributed by atoms with van der Waals surface area (Å²) in [5, 5.41) is 0.783. The Morgan fingerprint density at radius 3 is 2.94 bits per heavy atom. The predicted molar refractivity (Wildman–Crippen MR) is 62.7 cm³/mol. The third kappa shape index (κ3) is 2.39. The molecule has 2 rings (SSSR count). The molecular formula is C10H10BrO4S-. The third-order valence-corrected chi connectivity index (χ3v) is 3.29. The number of halogens is 1. The first-order valence-electron chi connectivity index (χ1n) is 4.74. The summed E-state index contributed by atoms with van der Waals surface area (Å²) in [4.78, 5) is 0. The van der Waals surface area contributed by atoms with Gasteiger partial charge in [0.25, 0.3) is 0 Å². The molecule has 0 N–H and O–H groups in total. The molecule has 1 aliphatic heterocycles. The van der Waals surface area contributed by atoms with E-state index in [2.05, 4.69) is 15.9 Å². The summed E-state index contributed by atoms with van der Waals surface area (Å²) in [7, 11) is 0. The molecule has 1 unspecified atom stereocenters. The fraction of sp³-hybridized carbons (Fsp3) is 0.400. The van der Waals surface area contributed by atoms with Crippen LogP contribution in [-0.2, 0) is 23.3 Å². The fourth-order valence-corrected chi connectivity index (χ4v) is 2.66. The van der Waals surface area contributed by atoms with Crippen molar-refractivity contribution in [2.75, 3.05) is 12.1 Å². The molecule has 1 atom stereocenters. The van der Waals surface area contributed by atoms with Crippen LogP contribution in [0.5, 0.6) is 11.5 Å². The summed E-state index contributed by atoms with van der Waals surface area (Å²) in [6.07, 6.45) is 0.767. The van der Waals surface area contributed by atoms with Crippen molar-refractivity contribution in [2.45, 2.75) is 12.2 Å². The van der Waals surface area contributed by atoms with E-state index in [1.807, 2.05) is 12.1 Å². The predicted octanol–water partition coefficient (Wildman–Crippen LogP) is 1.73. The van der Waals surface area contributed by atoms with Crippen molar-refractivity contribution in [1.82, 2.24) is 0 Å². The van der Waals surface area contributed by atoms with Crippen LogP contribution in [0.2, 0.25) is 0 Å². The molecule has 88 valence electrons. The highest BCUT2D eigenvalue weighted by molar-refractivity contribution is 9.09. The molecular weight excluding hydrogens is 296 g/mol. The minimum atomic E-state index is -2.12. The van der Waals surface area contributed by atoms with E-state index in [-0.39, 0.29) is 12.5 Å². The van der Waals surface area contributed by atoms with Crippen LogP contribution in [0.1, 0.15) is 11.1 Å². The lowest BCUT2D eigenvalue weighted by Gasteiger charge is -2.13. The Morgan fingerprint density at radius 2 is 2.25 bits per heavy atom. The number of rotatable bonds is 4. The molecule has 6 heteroatoms. The zero-order valence-electron chi connectivity index (χ0n) is 8.40. The minimum absolute atomic E-state index is 0.0329. The van der Waals surface area contributed by atoms with Crippen LogP contribution in [0.15, 0.2) is 12.1 Å². The minimum Gasteiger partial charge on any atom is -0.772 e. The van der Waals surface area contributed by atoms with E-state index in [0.717, 1.165) is 17.3 Å². The average Bonchev–Trinajstić information content (AvgIpc) is 2.69. The fourth-order valence-electron chi connectivity index (χ4n) is 1.68. The summed E-state index contributed by atoms with van der Waals surface area (Å²) in [5.41, 5.74) is 1.69. The first kappa shape index (κ1) is 11.9. The number of alkyl halides is 1. The van der Waals surface area contributed by atoms with Gasteiger partial charge in [0.2, 0.25) is 6.79 Å². The van der Waals surface area contributed by atoms with Crippen molar-refractivity contribution in [1.29, 1.82) is 0 Å². The molecule has 0 amide bonds. The Kier molecular flexibility index (Phi) is 3.83. The van der Waals surface area contributed by atoms with Crippen molar-refractivity contribution in [3.63, 3.8) is 0 Å². The maximum atomic E-state index is 10.8. The Bertz CT molecular complexity index is 422. The number of hydrogen-bond donors (Lipinski definition) is 0. The highest BCUT2D eigenvalue weighted by atomic mass is 79.9. The van der Waals surface area contributed by atoms with Gasteiger partial charge in [-0.25, -0.2) is 0 Å². The molecule has 0 radical (unpaired) electrons. The molecule has 0 bridgehead atoms. The number of fused-ring (bicyclic) bond motifs is 1. The maximum absolute atomic E-state index is 10.8. The molecule has 1 aromatic carbocycles. The average molecular weight is 306 g/mol. The lowest BCUT2D eigenvalue weighted by Crippen LogP contribution is -2.02. The van der Waals surface area contributed by atoms with Gasteiger partial charge in [-0.05, 0) is 18.1 Å². The van der Waals surface area contributed by atoms with Crippen LogP contribution in [0.3, 0.4) is 0 Å². The van der Waals surface area contributed by atoms with Gasteiger partial charge in [0.15, 0.2) is 11.5 Å². The van der Waals surface area contributed by atoms with Gasteiger partial charge in [-0.1, -0.05) is 33.1 Å². The lowest BCUT2D eigenvalue weighted by atomic mass is 10.1. The molecule has 0 fully saturated rings. The van der Waals surface area contributed by atoms with Crippen LogP contribution in [0, 0.1) is 0 Å². The van der Waals surface area contributed by atoms with E-state index in [0.29, 0.717) is 17.1 Å². The molecule has 1 aliphatic rings. The van der Waals surface area contributed by atoms with Crippen LogP contribution in [-0.4, -0.2) is 20.9 Å². The normalized spacial score (nSPS) is 15.1. The topological polar surface area (TPSA) is 58.6 Å². The molecule has 4 nitrogen and oxygen atoms in total. The van der Waals surface area contributed by atoms with Gasteiger partial charge in [0.05, 0.1) is 0 Å². The van der Waals surface area contributed by atoms with Gasteiger partial charge >= 0.3 is 0 Å². The Balaban J connectivity index is 2.42. The SMILES string of the molecule is O=S([O-])Cc1c(CCBr)ccc2c1OCO2. The molecule has 0 aliphatic carbocycles. The second-order valence-corrected chi connectivity index (χ2v) is 5.01. The smallest absolute Gasteiger partial charge is 0.231 e. The Labute approximate surface area is 104 Å². The van der Waals surface area contributed by atoms with Gasteiger partial charge in [-0.15, -0.1) is 0 Å². The monoisotopic (exact) mass is 305 g/mol. The van der Waals surface area contributed by atoms with Crippen molar-refractivity contribution < 1.29 is 18.2 Å². The van der Waals surface area contributed by atoms with E-state index < -0.39 is 11.1 Å². The van der Waals surface area contributed by atoms with Crippen molar-refractivity contribution in [3.8, 4) is 11.5 Å². The van der Waals surface area contributed by atoms with Crippen LogP contribution in [0.25, 0.3) is 0 Å². The molecule has 0 saturated heterocycles. The van der Waals surface area contributed by atoms with Crippen LogP contribution in [0.4, 0.5) is 0 Å². The summed E-state index contributed by atoms with van der Waals surface area (Å²) in [6, 6.07) is 3.70. The highest BCUT2D eigenvalue weighted by Crippen LogP contribution is 2.38. The number of benzene rings is 1. The third-order valence-electron chi connectivity index (χ3n) is 2.37. The summed E-state index contributed by atoms with van der Waals surface area (Å²) >= 11 is 1.22. The van der Waals surface area contributed by atoms with Crippen LogP contribution >= 0.6 is 15.9 Å². The Morgan fingerprint density at radius 1 is 1.44 bits per heavy atom. The van der Waals surface area contributed by atoms with Crippen molar-refractivity contribution in [3.05, 3.63) is 23.3 Å². The summed E-state index contributed by atoms with van der Waals surface area (Å²) in [6.45, 7) is 0.158. The second kappa shape index (κ2) is 5.16. The standard InChI is InChI=1S/C10H11BrO4S/c11-4-3-7-1-2-9-10(15-6-14-9)8(7)5-16(12)13/h1-2H,3-6H2,(H,12,13)/p-1. The van der Waals surface area contributed by atoms with E-state index >= 15 is 0 Å². The molecule has 1 aromatic rings. The largest absolute Gasteiger partial charge is 0.772 e. The maximum Gasteiger partial charge on any atom is 0.231 e. The first-order chi connectivity index (χ1) is 7.72. The lowest BCUT2D eigenvalue weighted by molar-refractivity contribution is 0.173. The van der Waals surface area contributed by atoms with E-state index in [9.17, 15) is 8.76 Å². The molecule has 0 spiro atoms. The number of hydrogen-bond acceptors (Lipinski definition) is 4. The number of aryl methyl sites for hydroxylation is 1. The first-order valence-corrected chi connectivity index (χ1v) is 7.11. The summed E-state index contributed by atoms with van der Waals surface area (Å²) < 4.78 is 32.2. The van der Waals surface area contributed by atoms with Gasteiger partial charge in [0.1, 0.15) is 0 Å². The van der Waals surface area contributed by atoms with Gasteiger partial charge in [-0.2, -0.15) is 0 Å². The van der Waals surface area contributed by atoms with Gasteiger partial charge < -0.3 is 14.0 Å². The van der Waals surface area contributed by atoms with Gasteiger partial charge in [-0.3, -0.25) is 4.21 Å². The molecule has 0 aromatic heterocycles. The van der Waals surface area contributed by atoms with Crippen LogP contribution < -0.4 is 9.47 Å². The quantitative estimate of drug-likeness (QED) is 0.628. The van der Waals surface area contributed by atoms with E-state index in [4.69, 9.17) is 9.47 Å². The Hall–Kier alpha value is -0.590. The summed E-state index contributed by atoms with van der Waals surface area (Å²) in [5.74, 6) is 1.16. The van der Waals surface area contributed by atoms with Gasteiger partial charge in [0, 0.05) is 16.6 Å². The molecule has 0 saturated carbocycles. The van der Waals surface area contributed by atoms with E-state index in [1.165, 1.54) is 0 Å². The van der Waals surface area contributed by atoms with E-state index in [1.54, 1.807) is 0 Å². The number of ether oxygens (including phenoxy) is 2. The highest BCUT2D eigenvalue weighted by Gasteiger charge is 2.20.